The Labute approximate surface area is 205 Å². The third-order valence-electron chi connectivity index (χ3n) is 5.48. The van der Waals surface area contributed by atoms with E-state index in [1.807, 2.05) is 0 Å². The predicted octanol–water partition coefficient (Wildman–Crippen LogP) is 3.01. The van der Waals surface area contributed by atoms with Crippen LogP contribution in [0.2, 0.25) is 0 Å². The van der Waals surface area contributed by atoms with Gasteiger partial charge < -0.3 is 50.3 Å². The fraction of sp³-hybridized carbons (Fsp3) is 0.240. The highest BCUT2D eigenvalue weighted by Gasteiger charge is 2.34. The van der Waals surface area contributed by atoms with E-state index in [0.717, 1.165) is 30.4 Å². The number of phenols is 5. The predicted molar refractivity (Wildman–Crippen MR) is 125 cm³/mol. The van der Waals surface area contributed by atoms with Gasteiger partial charge in [-0.1, -0.05) is 6.58 Å². The average Bonchev–Trinajstić information content (AvgIpc) is 2.96. The van der Waals surface area contributed by atoms with Crippen LogP contribution in [0.4, 0.5) is 0 Å². The standard InChI is InChI=1S/C25H26O11/c1-11(5-14(27)8-17(29)12(2)26)25(34)36-21-4-3-16-18(30)9-15(28)10-22(16)35-24(21)13-6-19(31)23(33)20(32)7-13/h5-10,17,21,24,26-33H,2-4H2,1H3/b11-5+,14-8?/t17?,21-,24-/m1/s1. The smallest absolute Gasteiger partial charge is 0.334 e. The molecule has 0 saturated carbocycles. The van der Waals surface area contributed by atoms with Gasteiger partial charge in [0.15, 0.2) is 23.4 Å². The second-order valence-electron chi connectivity index (χ2n) is 8.23. The normalized spacial score (nSPS) is 18.9. The molecule has 0 amide bonds. The number of phenolic OH excluding ortho intramolecular Hbond substituents is 5. The van der Waals surface area contributed by atoms with E-state index in [1.165, 1.54) is 13.0 Å². The summed E-state index contributed by atoms with van der Waals surface area (Å²) >= 11 is 0. The third-order valence-corrected chi connectivity index (χ3v) is 5.48. The molecule has 1 heterocycles. The molecule has 0 aromatic heterocycles. The molecule has 3 rings (SSSR count). The number of ether oxygens (including phenoxy) is 2. The Morgan fingerprint density at radius 2 is 1.72 bits per heavy atom. The summed E-state index contributed by atoms with van der Waals surface area (Å²) in [6.45, 7) is 4.46. The Morgan fingerprint density at radius 1 is 1.08 bits per heavy atom. The minimum Gasteiger partial charge on any atom is -0.510 e. The Kier molecular flexibility index (Phi) is 7.54. The molecule has 1 aliphatic heterocycles. The second-order valence-corrected chi connectivity index (χ2v) is 8.23. The van der Waals surface area contributed by atoms with Gasteiger partial charge in [0.05, 0.1) is 0 Å². The number of benzene rings is 2. The first kappa shape index (κ1) is 26.1. The molecule has 11 nitrogen and oxygen atoms in total. The molecular weight excluding hydrogens is 476 g/mol. The quantitative estimate of drug-likeness (QED) is 0.0950. The van der Waals surface area contributed by atoms with Crippen molar-refractivity contribution >= 4 is 5.97 Å². The Balaban J connectivity index is 1.96. The van der Waals surface area contributed by atoms with Gasteiger partial charge >= 0.3 is 5.97 Å². The molecule has 3 atom stereocenters. The molecule has 11 heteroatoms. The molecule has 0 saturated heterocycles. The fourth-order valence-electron chi connectivity index (χ4n) is 3.63. The summed E-state index contributed by atoms with van der Waals surface area (Å²) in [6, 6.07) is 4.59. The van der Waals surface area contributed by atoms with Gasteiger partial charge in [-0.15, -0.1) is 0 Å². The molecule has 0 fully saturated rings. The van der Waals surface area contributed by atoms with Gasteiger partial charge in [0.2, 0.25) is 0 Å². The molecular formula is C25H26O11. The number of allylic oxidation sites excluding steroid dienone is 1. The first-order valence-electron chi connectivity index (χ1n) is 10.7. The van der Waals surface area contributed by atoms with E-state index in [-0.39, 0.29) is 41.2 Å². The Morgan fingerprint density at radius 3 is 2.33 bits per heavy atom. The van der Waals surface area contributed by atoms with Gasteiger partial charge in [-0.3, -0.25) is 0 Å². The lowest BCUT2D eigenvalue weighted by Crippen LogP contribution is -2.29. The highest BCUT2D eigenvalue weighted by atomic mass is 16.6. The van der Waals surface area contributed by atoms with Gasteiger partial charge in [-0.05, 0) is 44.1 Å². The van der Waals surface area contributed by atoms with E-state index in [2.05, 4.69) is 6.58 Å². The summed E-state index contributed by atoms with van der Waals surface area (Å²) < 4.78 is 11.6. The van der Waals surface area contributed by atoms with Crippen LogP contribution in [-0.4, -0.2) is 59.0 Å². The van der Waals surface area contributed by atoms with E-state index < -0.39 is 53.0 Å². The number of carbonyl (C=O) groups excluding carboxylic acids is 1. The van der Waals surface area contributed by atoms with Crippen molar-refractivity contribution < 1.29 is 55.1 Å². The number of rotatable bonds is 6. The first-order valence-corrected chi connectivity index (χ1v) is 10.7. The van der Waals surface area contributed by atoms with Gasteiger partial charge in [-0.2, -0.15) is 0 Å². The third kappa shape index (κ3) is 5.76. The number of aliphatic hydroxyl groups is 3. The SMILES string of the molecule is C=C(O)C(O)C=C(O)/C=C(\C)C(=O)O[C@@H]1CCc2c(O)cc(O)cc2O[C@@H]1c1cc(O)c(O)c(O)c1. The zero-order chi connectivity index (χ0) is 26.7. The zero-order valence-electron chi connectivity index (χ0n) is 19.1. The van der Waals surface area contributed by atoms with E-state index in [9.17, 15) is 40.5 Å². The lowest BCUT2D eigenvalue weighted by atomic mass is 9.98. The van der Waals surface area contributed by atoms with Crippen molar-refractivity contribution in [2.45, 2.75) is 38.1 Å². The van der Waals surface area contributed by atoms with E-state index in [4.69, 9.17) is 14.6 Å². The molecule has 192 valence electrons. The molecule has 2 aromatic rings. The number of hydrogen-bond acceptors (Lipinski definition) is 11. The monoisotopic (exact) mass is 502 g/mol. The maximum absolute atomic E-state index is 12.8. The average molecular weight is 502 g/mol. The van der Waals surface area contributed by atoms with Crippen molar-refractivity contribution in [3.05, 3.63) is 71.2 Å². The maximum atomic E-state index is 12.8. The molecule has 2 aromatic carbocycles. The largest absolute Gasteiger partial charge is 0.510 e. The maximum Gasteiger partial charge on any atom is 0.334 e. The topological polar surface area (TPSA) is 197 Å². The zero-order valence-corrected chi connectivity index (χ0v) is 19.1. The van der Waals surface area contributed by atoms with Crippen LogP contribution in [0.15, 0.2) is 60.1 Å². The van der Waals surface area contributed by atoms with Crippen molar-refractivity contribution in [1.29, 1.82) is 0 Å². The molecule has 0 radical (unpaired) electrons. The Bertz CT molecular complexity index is 1220. The van der Waals surface area contributed by atoms with E-state index in [1.54, 1.807) is 0 Å². The number of carbonyl (C=O) groups is 1. The summed E-state index contributed by atoms with van der Waals surface area (Å²) in [5.41, 5.74) is 0.358. The van der Waals surface area contributed by atoms with Gasteiger partial charge in [-0.25, -0.2) is 4.79 Å². The van der Waals surface area contributed by atoms with Crippen LogP contribution in [0, 0.1) is 0 Å². The van der Waals surface area contributed by atoms with Crippen LogP contribution in [0.25, 0.3) is 0 Å². The van der Waals surface area contributed by atoms with Crippen molar-refractivity contribution in [1.82, 2.24) is 0 Å². The molecule has 36 heavy (non-hydrogen) atoms. The van der Waals surface area contributed by atoms with Gasteiger partial charge in [0.1, 0.15) is 41.0 Å². The summed E-state index contributed by atoms with van der Waals surface area (Å²) in [5, 5.41) is 78.5. The molecule has 0 aliphatic carbocycles. The summed E-state index contributed by atoms with van der Waals surface area (Å²) in [4.78, 5) is 12.8. The first-order chi connectivity index (χ1) is 16.9. The summed E-state index contributed by atoms with van der Waals surface area (Å²) in [7, 11) is 0. The van der Waals surface area contributed by atoms with E-state index in [0.29, 0.717) is 5.56 Å². The Hall–Kier alpha value is -4.51. The second kappa shape index (κ2) is 10.4. The molecule has 1 aliphatic rings. The van der Waals surface area contributed by atoms with Crippen molar-refractivity contribution in [3.63, 3.8) is 0 Å². The lowest BCUT2D eigenvalue weighted by molar-refractivity contribution is -0.149. The summed E-state index contributed by atoms with van der Waals surface area (Å²) in [6.07, 6.45) is -1.67. The summed E-state index contributed by atoms with van der Waals surface area (Å²) in [5.74, 6) is -4.57. The fourth-order valence-corrected chi connectivity index (χ4v) is 3.63. The molecule has 0 spiro atoms. The van der Waals surface area contributed by atoms with Crippen molar-refractivity contribution in [3.8, 4) is 34.5 Å². The van der Waals surface area contributed by atoms with Gasteiger partial charge in [0, 0.05) is 28.8 Å². The minimum atomic E-state index is -1.55. The molecule has 0 bridgehead atoms. The van der Waals surface area contributed by atoms with Crippen LogP contribution in [0.5, 0.6) is 34.5 Å². The van der Waals surface area contributed by atoms with Crippen LogP contribution in [0.1, 0.15) is 30.6 Å². The van der Waals surface area contributed by atoms with E-state index >= 15 is 0 Å². The van der Waals surface area contributed by atoms with Crippen LogP contribution in [0.3, 0.4) is 0 Å². The van der Waals surface area contributed by atoms with Crippen molar-refractivity contribution in [2.24, 2.45) is 0 Å². The number of esters is 1. The van der Waals surface area contributed by atoms with Crippen LogP contribution < -0.4 is 4.74 Å². The van der Waals surface area contributed by atoms with Crippen LogP contribution >= 0.6 is 0 Å². The molecule has 1 unspecified atom stereocenters. The van der Waals surface area contributed by atoms with Crippen molar-refractivity contribution in [2.75, 3.05) is 0 Å². The highest BCUT2D eigenvalue weighted by Crippen LogP contribution is 2.44. The number of hydrogen-bond donors (Lipinski definition) is 8. The van der Waals surface area contributed by atoms with Gasteiger partial charge in [0.25, 0.3) is 0 Å². The molecule has 8 N–H and O–H groups in total. The minimum absolute atomic E-state index is 0.0779. The lowest BCUT2D eigenvalue weighted by Gasteiger charge is -2.26. The van der Waals surface area contributed by atoms with Crippen LogP contribution in [-0.2, 0) is 16.0 Å². The number of fused-ring (bicyclic) bond motifs is 1. The number of aliphatic hydroxyl groups excluding tert-OH is 3. The number of aromatic hydroxyl groups is 5. The highest BCUT2D eigenvalue weighted by molar-refractivity contribution is 5.88.